The molecule has 18 heavy (non-hydrogen) atoms. The van der Waals surface area contributed by atoms with Crippen LogP contribution in [0, 0.1) is 0 Å². The van der Waals surface area contributed by atoms with Gasteiger partial charge >= 0.3 is 17.1 Å². The van der Waals surface area contributed by atoms with Crippen molar-refractivity contribution in [1.29, 1.82) is 0 Å². The number of hydrogen-bond acceptors (Lipinski definition) is 1. The molecule has 0 radical (unpaired) electrons. The summed E-state index contributed by atoms with van der Waals surface area (Å²) in [5.41, 5.74) is 0. The van der Waals surface area contributed by atoms with Crippen LogP contribution in [0.5, 0.6) is 0 Å². The quantitative estimate of drug-likeness (QED) is 0.475. The molecule has 0 aliphatic carbocycles. The van der Waals surface area contributed by atoms with Crippen LogP contribution in [0.15, 0.2) is 94.7 Å². The van der Waals surface area contributed by atoms with Crippen molar-refractivity contribution in [2.45, 2.75) is 9.79 Å². The second-order valence-corrected chi connectivity index (χ2v) is 4.64. The molecule has 2 heteroatoms. The van der Waals surface area contributed by atoms with E-state index >= 15 is 0 Å². The van der Waals surface area contributed by atoms with Gasteiger partial charge in [0.05, 0.1) is 0 Å². The second-order valence-electron chi connectivity index (χ2n) is 3.50. The van der Waals surface area contributed by atoms with Crippen LogP contribution in [0.1, 0.15) is 0 Å². The van der Waals surface area contributed by atoms with Gasteiger partial charge in [-0.2, -0.15) is 42.1 Å². The largest absolute Gasteiger partial charge is 2.00 e. The topological polar surface area (TPSA) is 0 Å². The molecule has 0 aliphatic heterocycles. The van der Waals surface area contributed by atoms with E-state index in [1.807, 2.05) is 36.4 Å². The smallest absolute Gasteiger partial charge is 0.214 e. The van der Waals surface area contributed by atoms with Gasteiger partial charge in [0, 0.05) is 0 Å². The molecule has 0 atom stereocenters. The van der Waals surface area contributed by atoms with Crippen LogP contribution in [0.3, 0.4) is 0 Å². The van der Waals surface area contributed by atoms with Crippen LogP contribution < -0.4 is 0 Å². The first-order valence-electron chi connectivity index (χ1n) is 5.56. The number of hydrogen-bond donors (Lipinski definition) is 0. The summed E-state index contributed by atoms with van der Waals surface area (Å²) in [6.07, 6.45) is 0. The van der Waals surface area contributed by atoms with Gasteiger partial charge in [0.15, 0.2) is 0 Å². The molecular weight excluding hydrogens is 280 g/mol. The molecule has 0 unspecified atom stereocenters. The van der Waals surface area contributed by atoms with Crippen molar-refractivity contribution in [3.8, 4) is 0 Å². The third-order valence-corrected chi connectivity index (χ3v) is 3.18. The first-order valence-corrected chi connectivity index (χ1v) is 6.38. The van der Waals surface area contributed by atoms with Crippen LogP contribution in [-0.2, 0) is 17.1 Å². The minimum absolute atomic E-state index is 0. The predicted molar refractivity (Wildman–Crippen MR) is 74.6 cm³/mol. The Balaban J connectivity index is 0.000000230. The summed E-state index contributed by atoms with van der Waals surface area (Å²) in [7, 11) is 0. The summed E-state index contributed by atoms with van der Waals surface area (Å²) in [4.78, 5) is 2.60. The second kappa shape index (κ2) is 8.82. The summed E-state index contributed by atoms with van der Waals surface area (Å²) in [6.45, 7) is 0. The fourth-order valence-corrected chi connectivity index (χ4v) is 2.23. The maximum absolute atomic E-state index is 2.12. The average molecular weight is 294 g/mol. The van der Waals surface area contributed by atoms with Crippen LogP contribution in [0.25, 0.3) is 0 Å². The zero-order chi connectivity index (χ0) is 11.8. The molecule has 0 bridgehead atoms. The minimum Gasteiger partial charge on any atom is -0.214 e. The van der Waals surface area contributed by atoms with E-state index in [9.17, 15) is 0 Å². The molecule has 0 fully saturated rings. The molecular formula is C16H14FeS. The molecule has 0 saturated carbocycles. The van der Waals surface area contributed by atoms with Crippen LogP contribution in [-0.4, -0.2) is 0 Å². The maximum Gasteiger partial charge on any atom is 2.00 e. The van der Waals surface area contributed by atoms with Gasteiger partial charge in [-0.15, -0.1) is 0 Å². The maximum atomic E-state index is 2.12. The molecule has 3 rings (SSSR count). The third-order valence-electron chi connectivity index (χ3n) is 2.17. The Bertz CT molecular complexity index is 466. The Morgan fingerprint density at radius 3 is 1.89 bits per heavy atom. The van der Waals surface area contributed by atoms with Crippen molar-refractivity contribution < 1.29 is 17.1 Å². The van der Waals surface area contributed by atoms with Gasteiger partial charge in [0.1, 0.15) is 0 Å². The first kappa shape index (κ1) is 14.8. The molecule has 0 nitrogen and oxygen atoms in total. The van der Waals surface area contributed by atoms with Gasteiger partial charge in [-0.25, -0.2) is 24.3 Å². The Labute approximate surface area is 123 Å². The molecule has 92 valence electrons. The summed E-state index contributed by atoms with van der Waals surface area (Å²) in [5.74, 6) is 0. The normalized spacial score (nSPS) is 8.89. The van der Waals surface area contributed by atoms with Crippen LogP contribution in [0.2, 0.25) is 0 Å². The van der Waals surface area contributed by atoms with E-state index in [4.69, 9.17) is 0 Å². The van der Waals surface area contributed by atoms with Crippen molar-refractivity contribution in [3.63, 3.8) is 0 Å². The fraction of sp³-hybridized carbons (Fsp3) is 0. The average Bonchev–Trinajstić information content (AvgIpc) is 3.06. The monoisotopic (exact) mass is 294 g/mol. The predicted octanol–water partition coefficient (Wildman–Crippen LogP) is 4.96. The minimum atomic E-state index is 0. The fourth-order valence-electron chi connectivity index (χ4n) is 1.37. The van der Waals surface area contributed by atoms with Crippen molar-refractivity contribution >= 4 is 11.8 Å². The Morgan fingerprint density at radius 1 is 0.778 bits per heavy atom. The molecule has 0 aliphatic rings. The zero-order valence-corrected chi connectivity index (χ0v) is 11.8. The first-order chi connectivity index (χ1) is 8.45. The number of benzene rings is 1. The van der Waals surface area contributed by atoms with Gasteiger partial charge in [-0.3, -0.25) is 0 Å². The molecule has 0 aromatic heterocycles. The Hall–Kier alpha value is -1.21. The van der Waals surface area contributed by atoms with Crippen LogP contribution in [0.4, 0.5) is 0 Å². The standard InChI is InChI=1S/C11H9S.C5H5.Fe/c1-2-6-10(7-3-1)12-11-8-4-5-9-11;1-2-4-5-3-1;/h1-9H;1-5H;/q2*-1;+2. The van der Waals surface area contributed by atoms with E-state index in [1.54, 1.807) is 11.8 Å². The van der Waals surface area contributed by atoms with Gasteiger partial charge in [-0.05, 0) is 17.0 Å². The van der Waals surface area contributed by atoms with E-state index in [0.717, 1.165) is 0 Å². The van der Waals surface area contributed by atoms with E-state index in [-0.39, 0.29) is 17.1 Å². The SMILES string of the molecule is [Fe+2].c1cc[cH-]c1.c1ccc(S[c-]2cccc2)cc1. The molecule has 3 aromatic rings. The van der Waals surface area contributed by atoms with Crippen molar-refractivity contribution in [1.82, 2.24) is 0 Å². The molecule has 0 saturated heterocycles. The van der Waals surface area contributed by atoms with Gasteiger partial charge < -0.3 is 0 Å². The summed E-state index contributed by atoms with van der Waals surface area (Å²) in [5, 5.41) is 0. The van der Waals surface area contributed by atoms with Crippen molar-refractivity contribution in [3.05, 3.63) is 84.9 Å². The molecule has 0 spiro atoms. The van der Waals surface area contributed by atoms with E-state index < -0.39 is 0 Å². The van der Waals surface area contributed by atoms with Crippen molar-refractivity contribution in [2.24, 2.45) is 0 Å². The molecule has 3 aromatic carbocycles. The summed E-state index contributed by atoms with van der Waals surface area (Å²) < 4.78 is 0. The summed E-state index contributed by atoms with van der Waals surface area (Å²) in [6, 6.07) is 28.8. The summed E-state index contributed by atoms with van der Waals surface area (Å²) >= 11 is 1.79. The Kier molecular flexibility index (Phi) is 7.27. The zero-order valence-electron chi connectivity index (χ0n) is 9.84. The molecule has 0 amide bonds. The van der Waals surface area contributed by atoms with E-state index in [1.165, 1.54) is 9.79 Å². The van der Waals surface area contributed by atoms with Gasteiger partial charge in [0.25, 0.3) is 0 Å². The van der Waals surface area contributed by atoms with Gasteiger partial charge in [0.2, 0.25) is 0 Å². The van der Waals surface area contributed by atoms with Gasteiger partial charge in [-0.1, -0.05) is 23.1 Å². The molecule has 0 heterocycles. The van der Waals surface area contributed by atoms with Crippen LogP contribution >= 0.6 is 11.8 Å². The Morgan fingerprint density at radius 2 is 1.39 bits per heavy atom. The van der Waals surface area contributed by atoms with E-state index in [0.29, 0.717) is 0 Å². The molecule has 0 N–H and O–H groups in total. The van der Waals surface area contributed by atoms with E-state index in [2.05, 4.69) is 48.5 Å². The third kappa shape index (κ3) is 5.41. The van der Waals surface area contributed by atoms with Crippen molar-refractivity contribution in [2.75, 3.05) is 0 Å². The number of rotatable bonds is 2.